The summed E-state index contributed by atoms with van der Waals surface area (Å²) >= 11 is 0. The van der Waals surface area contributed by atoms with E-state index in [-0.39, 0.29) is 185 Å². The molecule has 2 saturated heterocycles. The van der Waals surface area contributed by atoms with E-state index in [2.05, 4.69) is 31.9 Å². The highest BCUT2D eigenvalue weighted by molar-refractivity contribution is 5.79. The molecule has 0 aromatic heterocycles. The van der Waals surface area contributed by atoms with E-state index in [1.807, 2.05) is 0 Å². The van der Waals surface area contributed by atoms with Crippen LogP contribution in [-0.4, -0.2) is 237 Å². The molecule has 100 heavy (non-hydrogen) atoms. The Hall–Kier alpha value is -7.01. The molecule has 0 aromatic rings. The number of ether oxygens (including phenoxy) is 13. The average Bonchev–Trinajstić information content (AvgIpc) is 0.833. The van der Waals surface area contributed by atoms with E-state index in [9.17, 15) is 62.3 Å². The molecule has 0 aromatic carbocycles. The van der Waals surface area contributed by atoms with E-state index < -0.39 is 90.6 Å². The summed E-state index contributed by atoms with van der Waals surface area (Å²) in [5.74, 6) is -5.19. The van der Waals surface area contributed by atoms with Gasteiger partial charge in [-0.25, -0.2) is 0 Å². The zero-order chi connectivity index (χ0) is 73.9. The number of Topliss-reactive ketones (excluding diaryl/α,β-unsaturated/α-hetero) is 1. The lowest BCUT2D eigenvalue weighted by molar-refractivity contribution is -0.266. The molecule has 2 fully saturated rings. The zero-order valence-corrected chi connectivity index (χ0v) is 59.7. The van der Waals surface area contributed by atoms with Gasteiger partial charge in [0.1, 0.15) is 49.0 Å². The Morgan fingerprint density at radius 1 is 0.370 bits per heavy atom. The number of esters is 6. The Bertz CT molecular complexity index is 2370. The van der Waals surface area contributed by atoms with Crippen molar-refractivity contribution >= 4 is 77.0 Å². The number of carbonyl (C=O) groups is 13. The molecule has 0 aliphatic carbocycles. The molecule has 0 saturated carbocycles. The minimum absolute atomic E-state index is 0.0127. The van der Waals surface area contributed by atoms with Crippen LogP contribution >= 0.6 is 0 Å². The van der Waals surface area contributed by atoms with Gasteiger partial charge in [0.2, 0.25) is 35.4 Å². The minimum atomic E-state index is -1.33. The summed E-state index contributed by atoms with van der Waals surface area (Å²) in [5.41, 5.74) is 4.25. The van der Waals surface area contributed by atoms with E-state index >= 15 is 0 Å². The van der Waals surface area contributed by atoms with Crippen molar-refractivity contribution in [3.05, 3.63) is 0 Å². The molecular formula is C67H113N7O26. The first-order valence-electron chi connectivity index (χ1n) is 34.9. The summed E-state index contributed by atoms with van der Waals surface area (Å²) < 4.78 is 73.3. The van der Waals surface area contributed by atoms with Crippen molar-refractivity contribution in [2.45, 2.75) is 244 Å². The predicted molar refractivity (Wildman–Crippen MR) is 354 cm³/mol. The highest BCUT2D eigenvalue weighted by Gasteiger charge is 2.46. The van der Waals surface area contributed by atoms with Crippen molar-refractivity contribution in [3.63, 3.8) is 0 Å². The van der Waals surface area contributed by atoms with Gasteiger partial charge in [0.05, 0.1) is 39.6 Å². The Morgan fingerprint density at radius 3 is 1.05 bits per heavy atom. The number of nitrogens with one attached hydrogen (secondary N) is 6. The van der Waals surface area contributed by atoms with Gasteiger partial charge >= 0.3 is 35.8 Å². The lowest BCUT2D eigenvalue weighted by Gasteiger charge is -2.39. The molecule has 33 heteroatoms. The molecule has 2 rings (SSSR count). The quantitative estimate of drug-likeness (QED) is 0.0260. The molecule has 33 nitrogen and oxygen atoms in total. The number of hydrogen-bond acceptors (Lipinski definition) is 27. The molecule has 2 heterocycles. The molecule has 8 N–H and O–H groups in total. The SMILES string of the molecule is CC(=O)CCCCCCCCC(=O)NC(COCCC(=O)NCCCN)(COCCC(=O)NCCCNC(=O)CCCCO[C@H]1C[C@@H](OC(C)=O)[C@@H](OC(C)=O)[C@@H](COC(C)=O)O1)COCCC(=O)NCCCNC(=O)CCCCO[C@H]1C[C@@H](OC(C)=O)[C@@H](OC(C)=O)[C@@H](COC(C)=O)O1. The van der Waals surface area contributed by atoms with E-state index in [0.717, 1.165) is 32.1 Å². The van der Waals surface area contributed by atoms with Crippen molar-refractivity contribution in [1.82, 2.24) is 31.9 Å². The first-order chi connectivity index (χ1) is 47.8. The zero-order valence-electron chi connectivity index (χ0n) is 59.7. The van der Waals surface area contributed by atoms with E-state index in [1.165, 1.54) is 41.5 Å². The van der Waals surface area contributed by atoms with Gasteiger partial charge in [-0.15, -0.1) is 0 Å². The molecule has 8 atom stereocenters. The molecule has 6 amide bonds. The van der Waals surface area contributed by atoms with Gasteiger partial charge in [-0.2, -0.15) is 0 Å². The molecule has 572 valence electrons. The first kappa shape index (κ1) is 89.1. The van der Waals surface area contributed by atoms with Gasteiger partial charge in [0.15, 0.2) is 24.8 Å². The van der Waals surface area contributed by atoms with Crippen LogP contribution in [0.1, 0.15) is 190 Å². The summed E-state index contributed by atoms with van der Waals surface area (Å²) in [7, 11) is 0. The number of hydrogen-bond donors (Lipinski definition) is 7. The topological polar surface area (TPSA) is 440 Å². The van der Waals surface area contributed by atoms with Crippen LogP contribution in [0.5, 0.6) is 0 Å². The largest absolute Gasteiger partial charge is 0.463 e. The molecular weight excluding hydrogens is 1320 g/mol. The maximum Gasteiger partial charge on any atom is 0.303 e. The lowest BCUT2D eigenvalue weighted by atomic mass is 10.0. The molecule has 0 radical (unpaired) electrons. The third-order valence-electron chi connectivity index (χ3n) is 15.2. The van der Waals surface area contributed by atoms with Crippen LogP contribution in [0.3, 0.4) is 0 Å². The second-order valence-electron chi connectivity index (χ2n) is 24.5. The standard InChI is InChI=1S/C67H113N7O26/c1-46(75)21-12-10-8-9-11-13-24-62(87)74-67(43-88-36-25-59(84)69-29-18-28-68,44-89-37-26-60(85)72-32-19-30-70-57(82)22-14-16-34-91-63-39-53(95-49(4)78)65(97-51(6)80)55(99-63)41-93-47(2)76)45-90-38-27-61(86)73-33-20-31-71-58(83)23-15-17-35-92-64-40-54(96-50(5)79)66(98-52(7)81)56(100-64)42-94-48(3)77/h53-56,63-66H,8-45,68H2,1-7H3,(H,69,84)(H,70,82)(H,71,83)(H,72,85)(H,73,86)(H,74,87)/t53-,54-,55-,56-,63-,64-,65-,66-/m1/s1. The van der Waals surface area contributed by atoms with Gasteiger partial charge < -0.3 is 104 Å². The number of carbonyl (C=O) groups excluding carboxylic acids is 13. The van der Waals surface area contributed by atoms with Gasteiger partial charge in [-0.1, -0.05) is 25.7 Å². The summed E-state index contributed by atoms with van der Waals surface area (Å²) in [6.07, 6.45) is 1.65. The maximum absolute atomic E-state index is 13.7. The monoisotopic (exact) mass is 1430 g/mol. The predicted octanol–water partition coefficient (Wildman–Crippen LogP) is 1.94. The fourth-order valence-corrected chi connectivity index (χ4v) is 10.3. The highest BCUT2D eigenvalue weighted by atomic mass is 16.7. The second-order valence-corrected chi connectivity index (χ2v) is 24.5. The smallest absolute Gasteiger partial charge is 0.303 e. The summed E-state index contributed by atoms with van der Waals surface area (Å²) in [6.45, 7) is 9.81. The number of amides is 6. The normalized spacial score (nSPS) is 18.8. The van der Waals surface area contributed by atoms with Crippen LogP contribution in [0.15, 0.2) is 0 Å². The van der Waals surface area contributed by atoms with Crippen molar-refractivity contribution in [3.8, 4) is 0 Å². The molecule has 2 aliphatic rings. The fourth-order valence-electron chi connectivity index (χ4n) is 10.3. The Balaban J connectivity index is 1.91. The molecule has 2 aliphatic heterocycles. The first-order valence-corrected chi connectivity index (χ1v) is 34.9. The molecule has 0 unspecified atom stereocenters. The van der Waals surface area contributed by atoms with Gasteiger partial charge in [-0.3, -0.25) is 57.5 Å². The van der Waals surface area contributed by atoms with Crippen molar-refractivity contribution in [2.75, 3.05) is 105 Å². The Morgan fingerprint density at radius 2 is 0.700 bits per heavy atom. The third kappa shape index (κ3) is 45.0. The number of rotatable bonds is 56. The van der Waals surface area contributed by atoms with Crippen LogP contribution in [0.25, 0.3) is 0 Å². The Labute approximate surface area is 586 Å². The van der Waals surface area contributed by atoms with Crippen LogP contribution in [0, 0.1) is 0 Å². The van der Waals surface area contributed by atoms with Crippen LogP contribution < -0.4 is 37.6 Å². The van der Waals surface area contributed by atoms with Gasteiger partial charge in [-0.05, 0) is 71.3 Å². The minimum Gasteiger partial charge on any atom is -0.463 e. The van der Waals surface area contributed by atoms with E-state index in [1.54, 1.807) is 6.92 Å². The summed E-state index contributed by atoms with van der Waals surface area (Å²) in [6, 6.07) is 0. The Kier molecular flexibility index (Phi) is 47.9. The molecule has 0 bridgehead atoms. The van der Waals surface area contributed by atoms with Gasteiger partial charge in [0, 0.05) is 145 Å². The number of ketones is 1. The number of unbranched alkanes of at least 4 members (excludes halogenated alkanes) is 7. The highest BCUT2D eigenvalue weighted by Crippen LogP contribution is 2.29. The van der Waals surface area contributed by atoms with Crippen molar-refractivity contribution < 1.29 is 124 Å². The third-order valence-corrected chi connectivity index (χ3v) is 15.2. The van der Waals surface area contributed by atoms with Gasteiger partial charge in [0.25, 0.3) is 0 Å². The molecule has 0 spiro atoms. The van der Waals surface area contributed by atoms with Crippen molar-refractivity contribution in [2.24, 2.45) is 5.73 Å². The number of nitrogens with two attached hydrogens (primary N) is 1. The van der Waals surface area contributed by atoms with Crippen molar-refractivity contribution in [1.29, 1.82) is 0 Å². The fraction of sp³-hybridized carbons (Fsp3) is 0.806. The van der Waals surface area contributed by atoms with E-state index in [4.69, 9.17) is 67.3 Å². The summed E-state index contributed by atoms with van der Waals surface area (Å²) in [4.78, 5) is 159. The lowest BCUT2D eigenvalue weighted by Crippen LogP contribution is -2.58. The van der Waals surface area contributed by atoms with Crippen LogP contribution in [0.4, 0.5) is 0 Å². The summed E-state index contributed by atoms with van der Waals surface area (Å²) in [5, 5.41) is 17.1. The van der Waals surface area contributed by atoms with Crippen LogP contribution in [-0.2, 0) is 124 Å². The second kappa shape index (κ2) is 53.8. The maximum atomic E-state index is 13.7. The van der Waals surface area contributed by atoms with Crippen LogP contribution in [0.2, 0.25) is 0 Å². The van der Waals surface area contributed by atoms with E-state index in [0.29, 0.717) is 70.9 Å². The average molecular weight is 1430 g/mol.